The Labute approximate surface area is 154 Å². The van der Waals surface area contributed by atoms with Gasteiger partial charge in [0.1, 0.15) is 0 Å². The van der Waals surface area contributed by atoms with Crippen molar-refractivity contribution in [2.24, 2.45) is 0 Å². The van der Waals surface area contributed by atoms with Crippen LogP contribution in [0, 0.1) is 0 Å². The second kappa shape index (κ2) is 6.46. The highest BCUT2D eigenvalue weighted by atomic mass is 32.1. The molecule has 2 aromatic heterocycles. The zero-order valence-corrected chi connectivity index (χ0v) is 15.5. The van der Waals surface area contributed by atoms with Crippen LogP contribution in [0.5, 0.6) is 11.5 Å². The standard InChI is InChI=1S/C20H18N2O3S/c1-12(2)25-18-13(7-6-10-16(18)24-3)11-17-19(23)22-15-9-5-4-8-14(15)21-20(22)26-17/h4-12H,1-3H3/b17-11-. The van der Waals surface area contributed by atoms with Crippen molar-refractivity contribution in [1.82, 2.24) is 9.38 Å². The van der Waals surface area contributed by atoms with Crippen LogP contribution < -0.4 is 19.6 Å². The van der Waals surface area contributed by atoms with E-state index in [-0.39, 0.29) is 11.7 Å². The second-order valence-electron chi connectivity index (χ2n) is 6.18. The zero-order chi connectivity index (χ0) is 18.3. The maximum atomic E-state index is 12.9. The maximum Gasteiger partial charge on any atom is 0.274 e. The van der Waals surface area contributed by atoms with E-state index in [0.717, 1.165) is 16.6 Å². The minimum atomic E-state index is -0.0722. The van der Waals surface area contributed by atoms with Crippen LogP contribution in [0.3, 0.4) is 0 Å². The van der Waals surface area contributed by atoms with Gasteiger partial charge in [0.05, 0.1) is 28.8 Å². The normalized spacial score (nSPS) is 12.4. The van der Waals surface area contributed by atoms with E-state index in [1.807, 2.05) is 62.4 Å². The molecule has 0 fully saturated rings. The fourth-order valence-corrected chi connectivity index (χ4v) is 3.90. The number of nitrogens with zero attached hydrogens (tertiary/aromatic N) is 2. The highest BCUT2D eigenvalue weighted by Gasteiger charge is 2.14. The van der Waals surface area contributed by atoms with Crippen molar-refractivity contribution in [3.05, 3.63) is 62.9 Å². The van der Waals surface area contributed by atoms with E-state index in [0.29, 0.717) is 21.0 Å². The van der Waals surface area contributed by atoms with E-state index in [9.17, 15) is 4.79 Å². The first-order valence-corrected chi connectivity index (χ1v) is 9.15. The predicted molar refractivity (Wildman–Crippen MR) is 104 cm³/mol. The van der Waals surface area contributed by atoms with E-state index in [4.69, 9.17) is 9.47 Å². The molecule has 0 atom stereocenters. The molecule has 0 aliphatic rings. The minimum absolute atomic E-state index is 0.00485. The van der Waals surface area contributed by atoms with Crippen molar-refractivity contribution in [2.45, 2.75) is 20.0 Å². The Bertz CT molecular complexity index is 1210. The number of para-hydroxylation sites is 3. The SMILES string of the molecule is COc1cccc(/C=c2\sc3nc4ccccc4n3c2=O)c1OC(C)C. The number of imidazole rings is 1. The van der Waals surface area contributed by atoms with Crippen LogP contribution in [-0.2, 0) is 0 Å². The molecule has 0 aliphatic heterocycles. The van der Waals surface area contributed by atoms with E-state index < -0.39 is 0 Å². The summed E-state index contributed by atoms with van der Waals surface area (Å²) in [5, 5.41) is 0. The summed E-state index contributed by atoms with van der Waals surface area (Å²) in [4.78, 5) is 18.2. The van der Waals surface area contributed by atoms with Crippen LogP contribution in [0.4, 0.5) is 0 Å². The van der Waals surface area contributed by atoms with Crippen molar-refractivity contribution in [3.63, 3.8) is 0 Å². The summed E-state index contributed by atoms with van der Waals surface area (Å²) in [6.45, 7) is 3.92. The fourth-order valence-electron chi connectivity index (χ4n) is 2.92. The van der Waals surface area contributed by atoms with E-state index >= 15 is 0 Å². The molecule has 2 heterocycles. The van der Waals surface area contributed by atoms with Crippen LogP contribution in [0.1, 0.15) is 19.4 Å². The third-order valence-corrected chi connectivity index (χ3v) is 4.98. The van der Waals surface area contributed by atoms with E-state index in [1.165, 1.54) is 11.3 Å². The molecular weight excluding hydrogens is 348 g/mol. The number of fused-ring (bicyclic) bond motifs is 3. The fraction of sp³-hybridized carbons (Fsp3) is 0.200. The van der Waals surface area contributed by atoms with Gasteiger partial charge in [-0.2, -0.15) is 0 Å². The summed E-state index contributed by atoms with van der Waals surface area (Å²) in [5.74, 6) is 1.28. The molecule has 0 bridgehead atoms. The highest BCUT2D eigenvalue weighted by Crippen LogP contribution is 2.32. The smallest absolute Gasteiger partial charge is 0.274 e. The molecule has 0 spiro atoms. The van der Waals surface area contributed by atoms with Crippen LogP contribution in [-0.4, -0.2) is 22.6 Å². The number of hydrogen-bond donors (Lipinski definition) is 0. The number of ether oxygens (including phenoxy) is 2. The summed E-state index contributed by atoms with van der Waals surface area (Å²) in [7, 11) is 1.61. The molecule has 132 valence electrons. The van der Waals surface area contributed by atoms with Gasteiger partial charge in [-0.05, 0) is 38.1 Å². The quantitative estimate of drug-likeness (QED) is 0.556. The molecule has 4 aromatic rings. The Morgan fingerprint density at radius 3 is 2.73 bits per heavy atom. The van der Waals surface area contributed by atoms with Gasteiger partial charge in [-0.3, -0.25) is 4.79 Å². The van der Waals surface area contributed by atoms with Gasteiger partial charge in [0.25, 0.3) is 5.56 Å². The summed E-state index contributed by atoms with van der Waals surface area (Å²) in [6, 6.07) is 13.3. The Morgan fingerprint density at radius 2 is 1.96 bits per heavy atom. The van der Waals surface area contributed by atoms with Gasteiger partial charge >= 0.3 is 0 Å². The summed E-state index contributed by atoms with van der Waals surface area (Å²) >= 11 is 1.37. The van der Waals surface area contributed by atoms with Crippen molar-refractivity contribution >= 4 is 33.4 Å². The van der Waals surface area contributed by atoms with Crippen molar-refractivity contribution in [2.75, 3.05) is 7.11 Å². The summed E-state index contributed by atoms with van der Waals surface area (Å²) in [6.07, 6.45) is 1.84. The average molecular weight is 366 g/mol. The van der Waals surface area contributed by atoms with Gasteiger partial charge < -0.3 is 9.47 Å². The van der Waals surface area contributed by atoms with Crippen LogP contribution in [0.2, 0.25) is 0 Å². The van der Waals surface area contributed by atoms with Gasteiger partial charge in [0, 0.05) is 5.56 Å². The van der Waals surface area contributed by atoms with E-state index in [1.54, 1.807) is 11.5 Å². The molecule has 26 heavy (non-hydrogen) atoms. The molecule has 0 aliphatic carbocycles. The van der Waals surface area contributed by atoms with Gasteiger partial charge in [-0.25, -0.2) is 9.38 Å². The average Bonchev–Trinajstić information content (AvgIpc) is 3.12. The Balaban J connectivity index is 1.95. The third kappa shape index (κ3) is 2.72. The van der Waals surface area contributed by atoms with Crippen LogP contribution in [0.15, 0.2) is 47.3 Å². The topological polar surface area (TPSA) is 52.8 Å². The molecule has 0 saturated carbocycles. The number of hydrogen-bond acceptors (Lipinski definition) is 5. The maximum absolute atomic E-state index is 12.9. The van der Waals surface area contributed by atoms with Crippen molar-refractivity contribution < 1.29 is 9.47 Å². The lowest BCUT2D eigenvalue weighted by Crippen LogP contribution is -2.22. The number of aromatic nitrogens is 2. The van der Waals surface area contributed by atoms with Crippen LogP contribution >= 0.6 is 11.3 Å². The molecule has 2 aromatic carbocycles. The first-order valence-electron chi connectivity index (χ1n) is 8.34. The van der Waals surface area contributed by atoms with Gasteiger partial charge in [0.2, 0.25) is 0 Å². The summed E-state index contributed by atoms with van der Waals surface area (Å²) in [5.41, 5.74) is 2.39. The molecule has 0 amide bonds. The van der Waals surface area contributed by atoms with Crippen molar-refractivity contribution in [3.8, 4) is 11.5 Å². The second-order valence-corrected chi connectivity index (χ2v) is 7.19. The molecule has 0 radical (unpaired) electrons. The van der Waals surface area contributed by atoms with Gasteiger partial charge in [0.15, 0.2) is 16.5 Å². The molecule has 0 saturated heterocycles. The third-order valence-electron chi connectivity index (χ3n) is 4.01. The minimum Gasteiger partial charge on any atom is -0.493 e. The van der Waals surface area contributed by atoms with Gasteiger partial charge in [-0.15, -0.1) is 0 Å². The zero-order valence-electron chi connectivity index (χ0n) is 14.7. The van der Waals surface area contributed by atoms with Crippen LogP contribution in [0.25, 0.3) is 22.1 Å². The highest BCUT2D eigenvalue weighted by molar-refractivity contribution is 7.15. The largest absolute Gasteiger partial charge is 0.493 e. The molecule has 4 rings (SSSR count). The number of thiazole rings is 1. The molecular formula is C20H18N2O3S. The first-order chi connectivity index (χ1) is 12.6. The molecule has 5 nitrogen and oxygen atoms in total. The Kier molecular flexibility index (Phi) is 4.12. The van der Waals surface area contributed by atoms with E-state index in [2.05, 4.69) is 4.98 Å². The summed E-state index contributed by atoms with van der Waals surface area (Å²) < 4.78 is 13.6. The Morgan fingerprint density at radius 1 is 1.15 bits per heavy atom. The number of methoxy groups -OCH3 is 1. The molecule has 6 heteroatoms. The first kappa shape index (κ1) is 16.6. The Hall–Kier alpha value is -2.86. The lowest BCUT2D eigenvalue weighted by Gasteiger charge is -2.15. The molecule has 0 unspecified atom stereocenters. The lowest BCUT2D eigenvalue weighted by molar-refractivity contribution is 0.229. The number of benzene rings is 2. The van der Waals surface area contributed by atoms with Crippen molar-refractivity contribution in [1.29, 1.82) is 0 Å². The predicted octanol–water partition coefficient (Wildman–Crippen LogP) is 3.25. The number of rotatable bonds is 4. The van der Waals surface area contributed by atoms with Gasteiger partial charge in [-0.1, -0.05) is 35.6 Å². The monoisotopic (exact) mass is 366 g/mol. The lowest BCUT2D eigenvalue weighted by atomic mass is 10.1. The molecule has 0 N–H and O–H groups in total.